The van der Waals surface area contributed by atoms with Gasteiger partial charge >= 0.3 is 0 Å². The molecule has 2 heterocycles. The van der Waals surface area contributed by atoms with Gasteiger partial charge in [0.25, 0.3) is 0 Å². The summed E-state index contributed by atoms with van der Waals surface area (Å²) in [4.78, 5) is 4.73. The van der Waals surface area contributed by atoms with Gasteiger partial charge in [0, 0.05) is 5.39 Å². The van der Waals surface area contributed by atoms with Crippen LogP contribution in [-0.2, 0) is 0 Å². The molecule has 0 saturated heterocycles. The van der Waals surface area contributed by atoms with Gasteiger partial charge in [0.1, 0.15) is 5.52 Å². The topological polar surface area (TPSA) is 43.6 Å². The molecule has 0 aliphatic heterocycles. The van der Waals surface area contributed by atoms with E-state index in [0.717, 1.165) is 27.8 Å². The Balaban J connectivity index is 1.87. The zero-order chi connectivity index (χ0) is 15.1. The van der Waals surface area contributed by atoms with Crippen molar-refractivity contribution in [1.29, 1.82) is 0 Å². The van der Waals surface area contributed by atoms with Crippen molar-refractivity contribution in [2.45, 2.75) is 19.8 Å². The van der Waals surface area contributed by atoms with Gasteiger partial charge in [-0.25, -0.2) is 4.98 Å². The molecule has 2 aromatic heterocycles. The molecular formula is C18H16N4. The summed E-state index contributed by atoms with van der Waals surface area (Å²) in [5.41, 5.74) is 4.14. The number of para-hydroxylation sites is 1. The molecule has 2 aromatic carbocycles. The maximum atomic E-state index is 4.73. The number of hydrogen-bond donors (Lipinski definition) is 0. The highest BCUT2D eigenvalue weighted by atomic mass is 15.4. The predicted octanol–water partition coefficient (Wildman–Crippen LogP) is 4.09. The van der Waals surface area contributed by atoms with E-state index in [2.05, 4.69) is 48.4 Å². The normalized spacial score (nSPS) is 11.6. The summed E-state index contributed by atoms with van der Waals surface area (Å²) >= 11 is 0. The number of fused-ring (bicyclic) bond motifs is 2. The van der Waals surface area contributed by atoms with Crippen molar-refractivity contribution in [3.8, 4) is 5.82 Å². The predicted molar refractivity (Wildman–Crippen MR) is 88.3 cm³/mol. The summed E-state index contributed by atoms with van der Waals surface area (Å²) in [6, 6.07) is 18.4. The first-order valence-corrected chi connectivity index (χ1v) is 7.44. The Morgan fingerprint density at radius 3 is 2.64 bits per heavy atom. The molecule has 0 fully saturated rings. The van der Waals surface area contributed by atoms with Crippen molar-refractivity contribution < 1.29 is 0 Å². The van der Waals surface area contributed by atoms with Crippen molar-refractivity contribution in [3.05, 3.63) is 60.2 Å². The van der Waals surface area contributed by atoms with E-state index in [4.69, 9.17) is 4.98 Å². The number of pyridine rings is 1. The van der Waals surface area contributed by atoms with Crippen LogP contribution in [0.15, 0.2) is 54.6 Å². The molecule has 0 aliphatic rings. The van der Waals surface area contributed by atoms with Crippen LogP contribution in [0.2, 0.25) is 0 Å². The van der Waals surface area contributed by atoms with E-state index >= 15 is 0 Å². The average molecular weight is 288 g/mol. The molecule has 22 heavy (non-hydrogen) atoms. The van der Waals surface area contributed by atoms with Gasteiger partial charge < -0.3 is 0 Å². The van der Waals surface area contributed by atoms with Crippen molar-refractivity contribution in [1.82, 2.24) is 20.0 Å². The maximum absolute atomic E-state index is 4.73. The lowest BCUT2D eigenvalue weighted by atomic mass is 10.0. The third-order valence-corrected chi connectivity index (χ3v) is 3.93. The zero-order valence-electron chi connectivity index (χ0n) is 12.6. The van der Waals surface area contributed by atoms with Crippen molar-refractivity contribution in [2.75, 3.05) is 0 Å². The summed E-state index contributed by atoms with van der Waals surface area (Å²) in [7, 11) is 0. The summed E-state index contributed by atoms with van der Waals surface area (Å²) in [6.45, 7) is 4.40. The van der Waals surface area contributed by atoms with Crippen molar-refractivity contribution in [2.24, 2.45) is 0 Å². The van der Waals surface area contributed by atoms with E-state index in [1.54, 1.807) is 4.68 Å². The molecule has 0 spiro atoms. The second-order valence-electron chi connectivity index (χ2n) is 5.77. The number of aromatic nitrogens is 4. The van der Waals surface area contributed by atoms with E-state index in [0.29, 0.717) is 5.92 Å². The van der Waals surface area contributed by atoms with E-state index in [9.17, 15) is 0 Å². The monoisotopic (exact) mass is 288 g/mol. The number of hydrogen-bond acceptors (Lipinski definition) is 3. The Kier molecular flexibility index (Phi) is 2.89. The standard InChI is InChI=1S/C18H16N4/c1-12(2)13-7-9-15-14(11-13)8-10-18(19-15)22-17-6-4-3-5-16(17)20-21-22/h3-12H,1-2H3. The lowest BCUT2D eigenvalue weighted by molar-refractivity contribution is 0.805. The van der Waals surface area contributed by atoms with Crippen LogP contribution in [0.1, 0.15) is 25.3 Å². The molecule has 0 aliphatic carbocycles. The smallest absolute Gasteiger partial charge is 0.156 e. The van der Waals surface area contributed by atoms with E-state index in [1.807, 2.05) is 30.3 Å². The van der Waals surface area contributed by atoms with Gasteiger partial charge in [-0.3, -0.25) is 0 Å². The van der Waals surface area contributed by atoms with Crippen LogP contribution in [-0.4, -0.2) is 20.0 Å². The summed E-state index contributed by atoms with van der Waals surface area (Å²) in [5, 5.41) is 9.56. The molecule has 0 atom stereocenters. The van der Waals surface area contributed by atoms with Crippen LogP contribution in [0.25, 0.3) is 27.8 Å². The molecular weight excluding hydrogens is 272 g/mol. The third-order valence-electron chi connectivity index (χ3n) is 3.93. The van der Waals surface area contributed by atoms with Gasteiger partial charge in [-0.1, -0.05) is 37.3 Å². The minimum atomic E-state index is 0.517. The molecule has 4 aromatic rings. The molecule has 0 bridgehead atoms. The molecule has 108 valence electrons. The van der Waals surface area contributed by atoms with E-state index in [-0.39, 0.29) is 0 Å². The quantitative estimate of drug-likeness (QED) is 0.558. The van der Waals surface area contributed by atoms with Crippen LogP contribution in [0.4, 0.5) is 0 Å². The van der Waals surface area contributed by atoms with Gasteiger partial charge in [0.2, 0.25) is 0 Å². The van der Waals surface area contributed by atoms with Crippen LogP contribution in [0, 0.1) is 0 Å². The highest BCUT2D eigenvalue weighted by Gasteiger charge is 2.08. The van der Waals surface area contributed by atoms with Crippen LogP contribution >= 0.6 is 0 Å². The largest absolute Gasteiger partial charge is 0.229 e. The van der Waals surface area contributed by atoms with Gasteiger partial charge in [-0.2, -0.15) is 4.68 Å². The molecule has 4 rings (SSSR count). The number of benzene rings is 2. The fourth-order valence-electron chi connectivity index (χ4n) is 2.65. The van der Waals surface area contributed by atoms with Crippen molar-refractivity contribution in [3.63, 3.8) is 0 Å². The van der Waals surface area contributed by atoms with Crippen LogP contribution < -0.4 is 0 Å². The van der Waals surface area contributed by atoms with Gasteiger partial charge in [-0.15, -0.1) is 5.10 Å². The third kappa shape index (κ3) is 2.04. The SMILES string of the molecule is CC(C)c1ccc2nc(-n3nnc4ccccc43)ccc2c1. The first-order chi connectivity index (χ1) is 10.7. The summed E-state index contributed by atoms with van der Waals surface area (Å²) in [5.74, 6) is 1.31. The minimum absolute atomic E-state index is 0.517. The molecule has 4 heteroatoms. The minimum Gasteiger partial charge on any atom is -0.229 e. The Morgan fingerprint density at radius 2 is 1.77 bits per heavy atom. The number of nitrogens with zero attached hydrogens (tertiary/aromatic N) is 4. The molecule has 0 saturated carbocycles. The molecule has 0 unspecified atom stereocenters. The molecule has 0 radical (unpaired) electrons. The molecule has 0 N–H and O–H groups in total. The lowest BCUT2D eigenvalue weighted by Gasteiger charge is -2.08. The van der Waals surface area contributed by atoms with Gasteiger partial charge in [0.15, 0.2) is 5.82 Å². The highest BCUT2D eigenvalue weighted by Crippen LogP contribution is 2.22. The Morgan fingerprint density at radius 1 is 0.909 bits per heavy atom. The second-order valence-corrected chi connectivity index (χ2v) is 5.77. The Labute approximate surface area is 128 Å². The number of rotatable bonds is 2. The van der Waals surface area contributed by atoms with Crippen molar-refractivity contribution >= 4 is 21.9 Å². The highest BCUT2D eigenvalue weighted by molar-refractivity contribution is 5.81. The van der Waals surface area contributed by atoms with Crippen LogP contribution in [0.3, 0.4) is 0 Å². The van der Waals surface area contributed by atoms with E-state index < -0.39 is 0 Å². The fourth-order valence-corrected chi connectivity index (χ4v) is 2.65. The molecule has 0 amide bonds. The summed E-state index contributed by atoms with van der Waals surface area (Å²) in [6.07, 6.45) is 0. The summed E-state index contributed by atoms with van der Waals surface area (Å²) < 4.78 is 1.78. The lowest BCUT2D eigenvalue weighted by Crippen LogP contribution is -2.00. The van der Waals surface area contributed by atoms with Gasteiger partial charge in [0.05, 0.1) is 11.0 Å². The maximum Gasteiger partial charge on any atom is 0.156 e. The van der Waals surface area contributed by atoms with Gasteiger partial charge in [-0.05, 0) is 47.9 Å². The van der Waals surface area contributed by atoms with E-state index in [1.165, 1.54) is 5.56 Å². The van der Waals surface area contributed by atoms with Crippen LogP contribution in [0.5, 0.6) is 0 Å². The average Bonchev–Trinajstić information content (AvgIpc) is 2.98. The fraction of sp³-hybridized carbons (Fsp3) is 0.167. The Bertz CT molecular complexity index is 969. The Hall–Kier alpha value is -2.75. The second kappa shape index (κ2) is 4.91. The first-order valence-electron chi connectivity index (χ1n) is 7.44. The zero-order valence-corrected chi connectivity index (χ0v) is 12.6. The molecule has 4 nitrogen and oxygen atoms in total. The first kappa shape index (κ1) is 13.0.